The highest BCUT2D eigenvalue weighted by Gasteiger charge is 2.27. The third-order valence-corrected chi connectivity index (χ3v) is 10.4. The molecule has 5 aromatic rings. The number of benzene rings is 2. The lowest BCUT2D eigenvalue weighted by atomic mass is 9.95. The van der Waals surface area contributed by atoms with Crippen molar-refractivity contribution in [3.05, 3.63) is 123 Å². The molecule has 4 amide bonds. The predicted molar refractivity (Wildman–Crippen MR) is 203 cm³/mol. The molecule has 3 heterocycles. The fourth-order valence-electron chi connectivity index (χ4n) is 5.67. The van der Waals surface area contributed by atoms with Crippen molar-refractivity contribution in [2.75, 3.05) is 7.05 Å². The minimum Gasteiger partial charge on any atom is -0.444 e. The van der Waals surface area contributed by atoms with E-state index in [1.165, 1.54) is 16.2 Å². The lowest BCUT2D eigenvalue weighted by Crippen LogP contribution is -2.53. The molecule has 0 spiro atoms. The zero-order valence-electron chi connectivity index (χ0n) is 29.7. The van der Waals surface area contributed by atoms with E-state index in [4.69, 9.17) is 4.74 Å². The zero-order chi connectivity index (χ0) is 36.7. The predicted octanol–water partition coefficient (Wildman–Crippen LogP) is 6.24. The largest absolute Gasteiger partial charge is 0.444 e. The summed E-state index contributed by atoms with van der Waals surface area (Å²) >= 11 is 3.00. The second-order valence-corrected chi connectivity index (χ2v) is 14.9. The lowest BCUT2D eigenvalue weighted by Gasteiger charge is -2.27. The van der Waals surface area contributed by atoms with Gasteiger partial charge in [-0.05, 0) is 36.8 Å². The van der Waals surface area contributed by atoms with Gasteiger partial charge in [0.1, 0.15) is 12.6 Å². The molecule has 0 aliphatic carbocycles. The molecule has 2 unspecified atom stereocenters. The summed E-state index contributed by atoms with van der Waals surface area (Å²) in [5.74, 6) is -0.0128. The Bertz CT molecular complexity index is 1800. The maximum Gasteiger partial charge on any atom is 0.407 e. The molecule has 12 nitrogen and oxygen atoms in total. The number of thiazole rings is 2. The Kier molecular flexibility index (Phi) is 14.3. The highest BCUT2D eigenvalue weighted by molar-refractivity contribution is 7.09. The Morgan fingerprint density at radius 3 is 2.10 bits per heavy atom. The minimum absolute atomic E-state index is 0.142. The second kappa shape index (κ2) is 19.5. The summed E-state index contributed by atoms with van der Waals surface area (Å²) in [5.41, 5.74) is 5.35. The first kappa shape index (κ1) is 38.2. The Hall–Kier alpha value is -5.08. The van der Waals surface area contributed by atoms with Crippen LogP contribution in [0.1, 0.15) is 65.0 Å². The average molecular weight is 743 g/mol. The van der Waals surface area contributed by atoms with Crippen molar-refractivity contribution in [2.45, 2.75) is 83.1 Å². The van der Waals surface area contributed by atoms with Crippen molar-refractivity contribution in [2.24, 2.45) is 0 Å². The second-order valence-electron chi connectivity index (χ2n) is 13.0. The molecule has 52 heavy (non-hydrogen) atoms. The fourth-order valence-corrected chi connectivity index (χ4v) is 7.00. The van der Waals surface area contributed by atoms with E-state index in [1.807, 2.05) is 66.0 Å². The summed E-state index contributed by atoms with van der Waals surface area (Å²) in [6.07, 6.45) is 6.86. The van der Waals surface area contributed by atoms with Crippen molar-refractivity contribution in [1.82, 2.24) is 40.8 Å². The van der Waals surface area contributed by atoms with Crippen molar-refractivity contribution < 1.29 is 19.1 Å². The van der Waals surface area contributed by atoms with Gasteiger partial charge in [-0.15, -0.1) is 22.7 Å². The van der Waals surface area contributed by atoms with E-state index in [0.717, 1.165) is 26.7 Å². The molecule has 3 atom stereocenters. The monoisotopic (exact) mass is 742 g/mol. The highest BCUT2D eigenvalue weighted by atomic mass is 32.1. The number of carbonyl (C=O) groups is 3. The van der Waals surface area contributed by atoms with Gasteiger partial charge in [0.25, 0.3) is 0 Å². The van der Waals surface area contributed by atoms with Gasteiger partial charge < -0.3 is 30.6 Å². The number of rotatable bonds is 18. The van der Waals surface area contributed by atoms with Crippen LogP contribution in [0, 0.1) is 0 Å². The van der Waals surface area contributed by atoms with E-state index in [0.29, 0.717) is 43.8 Å². The highest BCUT2D eigenvalue weighted by Crippen LogP contribution is 2.20. The van der Waals surface area contributed by atoms with Crippen LogP contribution in [-0.4, -0.2) is 68.0 Å². The standard InChI is InChI=1S/C38H46N8O4S2/c1-26(2)36-43-32(23-51-36)21-46(3)37(48)45-34(18-31-19-39-24-41-31)35(47)42-29(16-27-10-6-4-7-11-27)14-15-30(17-28-12-8-5-9-13-28)44-38(49)50-22-33-20-40-25-52-33/h4-13,19-20,23-26,29-30,34H,14-18,21-22H2,1-3H3,(H,39,41)(H,42,47)(H,44,49)(H,45,48)/t29?,30?,34-/m0/s1. The number of hydrogen-bond acceptors (Lipinski definition) is 9. The van der Waals surface area contributed by atoms with E-state index in [-0.39, 0.29) is 37.0 Å². The van der Waals surface area contributed by atoms with Crippen molar-refractivity contribution in [1.29, 1.82) is 0 Å². The van der Waals surface area contributed by atoms with Gasteiger partial charge in [0.05, 0.1) is 34.0 Å². The Morgan fingerprint density at radius 2 is 1.52 bits per heavy atom. The van der Waals surface area contributed by atoms with Gasteiger partial charge in [-0.3, -0.25) is 9.78 Å². The minimum atomic E-state index is -0.879. The molecule has 14 heteroatoms. The van der Waals surface area contributed by atoms with E-state index in [1.54, 1.807) is 42.6 Å². The molecular formula is C38H46N8O4S2. The third kappa shape index (κ3) is 12.3. The van der Waals surface area contributed by atoms with Crippen LogP contribution in [0.2, 0.25) is 0 Å². The van der Waals surface area contributed by atoms with Crippen LogP contribution in [0.25, 0.3) is 0 Å². The third-order valence-electron chi connectivity index (χ3n) is 8.41. The number of imidazole rings is 1. The van der Waals surface area contributed by atoms with Gasteiger partial charge in [0, 0.05) is 54.9 Å². The number of aromatic amines is 1. The molecule has 0 saturated carbocycles. The number of carbonyl (C=O) groups excluding carboxylic acids is 3. The van der Waals surface area contributed by atoms with Crippen molar-refractivity contribution in [3.8, 4) is 0 Å². The number of ether oxygens (including phenoxy) is 1. The molecule has 274 valence electrons. The lowest BCUT2D eigenvalue weighted by molar-refractivity contribution is -0.123. The fraction of sp³-hybridized carbons (Fsp3) is 0.368. The number of hydrogen-bond donors (Lipinski definition) is 4. The Balaban J connectivity index is 1.28. The van der Waals surface area contributed by atoms with Crippen LogP contribution in [-0.2, 0) is 41.9 Å². The molecular weight excluding hydrogens is 697 g/mol. The van der Waals surface area contributed by atoms with Crippen LogP contribution in [0.4, 0.5) is 9.59 Å². The van der Waals surface area contributed by atoms with Gasteiger partial charge in [-0.2, -0.15) is 0 Å². The summed E-state index contributed by atoms with van der Waals surface area (Å²) in [6, 6.07) is 18.1. The molecule has 0 aliphatic heterocycles. The molecule has 0 radical (unpaired) electrons. The molecule has 3 aromatic heterocycles. The number of H-pyrrole nitrogens is 1. The number of amides is 4. The smallest absolute Gasteiger partial charge is 0.407 e. The molecule has 5 rings (SSSR count). The van der Waals surface area contributed by atoms with Crippen LogP contribution in [0.15, 0.2) is 90.3 Å². The maximum absolute atomic E-state index is 14.1. The SMILES string of the molecule is CC(C)c1nc(CN(C)C(=O)N[C@@H](Cc2cnc[nH]2)C(=O)NC(CCC(Cc2ccccc2)NC(=O)OCc2cncs2)Cc2ccccc2)cs1. The summed E-state index contributed by atoms with van der Waals surface area (Å²) in [4.78, 5) is 58.7. The first-order valence-corrected chi connectivity index (χ1v) is 19.1. The first-order chi connectivity index (χ1) is 25.2. The van der Waals surface area contributed by atoms with Crippen molar-refractivity contribution >= 4 is 40.7 Å². The Morgan fingerprint density at radius 1 is 0.846 bits per heavy atom. The van der Waals surface area contributed by atoms with E-state index < -0.39 is 12.1 Å². The van der Waals surface area contributed by atoms with Gasteiger partial charge in [0.15, 0.2) is 0 Å². The average Bonchev–Trinajstić information content (AvgIpc) is 3.95. The van der Waals surface area contributed by atoms with E-state index >= 15 is 0 Å². The zero-order valence-corrected chi connectivity index (χ0v) is 31.3. The quantitative estimate of drug-likeness (QED) is 0.0829. The molecule has 0 saturated heterocycles. The number of urea groups is 1. The van der Waals surface area contributed by atoms with Gasteiger partial charge in [-0.25, -0.2) is 19.6 Å². The maximum atomic E-state index is 14.1. The summed E-state index contributed by atoms with van der Waals surface area (Å²) < 4.78 is 5.50. The van der Waals surface area contributed by atoms with Crippen LogP contribution in [0.3, 0.4) is 0 Å². The number of nitrogens with one attached hydrogen (secondary N) is 4. The summed E-state index contributed by atoms with van der Waals surface area (Å²) in [6.45, 7) is 4.62. The van der Waals surface area contributed by atoms with Crippen LogP contribution in [0.5, 0.6) is 0 Å². The number of alkyl carbamates (subject to hydrolysis) is 1. The number of nitrogens with zero attached hydrogens (tertiary/aromatic N) is 4. The topological polar surface area (TPSA) is 154 Å². The molecule has 0 fully saturated rings. The summed E-state index contributed by atoms with van der Waals surface area (Å²) in [5, 5.41) is 12.2. The molecule has 2 aromatic carbocycles. The van der Waals surface area contributed by atoms with Gasteiger partial charge in [0.2, 0.25) is 5.91 Å². The van der Waals surface area contributed by atoms with Crippen LogP contribution < -0.4 is 16.0 Å². The molecule has 0 aliphatic rings. The van der Waals surface area contributed by atoms with Crippen LogP contribution >= 0.6 is 22.7 Å². The number of aromatic nitrogens is 4. The van der Waals surface area contributed by atoms with Gasteiger partial charge >= 0.3 is 12.1 Å². The first-order valence-electron chi connectivity index (χ1n) is 17.3. The molecule has 0 bridgehead atoms. The van der Waals surface area contributed by atoms with E-state index in [9.17, 15) is 14.4 Å². The normalized spacial score (nSPS) is 12.8. The van der Waals surface area contributed by atoms with Crippen molar-refractivity contribution in [3.63, 3.8) is 0 Å². The summed E-state index contributed by atoms with van der Waals surface area (Å²) in [7, 11) is 1.69. The Labute approximate surface area is 312 Å². The van der Waals surface area contributed by atoms with Gasteiger partial charge in [-0.1, -0.05) is 74.5 Å². The van der Waals surface area contributed by atoms with E-state index in [2.05, 4.69) is 49.7 Å². The molecule has 4 N–H and O–H groups in total.